The fraction of sp³-hybridized carbons (Fsp3) is 0.333. The lowest BCUT2D eigenvalue weighted by molar-refractivity contribution is 0.762. The van der Waals surface area contributed by atoms with Crippen molar-refractivity contribution in [1.29, 1.82) is 0 Å². The minimum atomic E-state index is 0.343. The van der Waals surface area contributed by atoms with E-state index in [-0.39, 0.29) is 0 Å². The third kappa shape index (κ3) is 2.62. The Morgan fingerprint density at radius 2 is 2.05 bits per heavy atom. The standard InChI is InChI=1S/C15H16Cl2N2S/c1-19(2)13-5-3-9(7-11(13)16)18-12-4-6-14-10(12)8-15(17)20-14/h3,5,7-8,12,18H,4,6H2,1-2H3. The first kappa shape index (κ1) is 14.1. The monoisotopic (exact) mass is 326 g/mol. The molecule has 1 atom stereocenters. The number of nitrogens with zero attached hydrogens (tertiary/aromatic N) is 1. The highest BCUT2D eigenvalue weighted by atomic mass is 35.5. The molecule has 2 aromatic rings. The third-order valence-electron chi connectivity index (χ3n) is 3.62. The van der Waals surface area contributed by atoms with E-state index in [2.05, 4.69) is 17.4 Å². The molecular weight excluding hydrogens is 311 g/mol. The molecule has 0 saturated heterocycles. The summed E-state index contributed by atoms with van der Waals surface area (Å²) in [7, 11) is 3.98. The first-order chi connectivity index (χ1) is 9.54. The summed E-state index contributed by atoms with van der Waals surface area (Å²) in [5.74, 6) is 0. The van der Waals surface area contributed by atoms with Gasteiger partial charge >= 0.3 is 0 Å². The Balaban J connectivity index is 1.81. The normalized spacial score (nSPS) is 17.1. The zero-order chi connectivity index (χ0) is 14.3. The van der Waals surface area contributed by atoms with E-state index in [0.717, 1.165) is 33.6 Å². The molecule has 20 heavy (non-hydrogen) atoms. The molecule has 0 amide bonds. The van der Waals surface area contributed by atoms with Crippen LogP contribution < -0.4 is 10.2 Å². The van der Waals surface area contributed by atoms with Gasteiger partial charge in [0.25, 0.3) is 0 Å². The molecular formula is C15H16Cl2N2S. The minimum absolute atomic E-state index is 0.343. The molecule has 1 aromatic carbocycles. The number of hydrogen-bond acceptors (Lipinski definition) is 3. The van der Waals surface area contributed by atoms with Gasteiger partial charge in [-0.2, -0.15) is 0 Å². The fourth-order valence-corrected chi connectivity index (χ4v) is 4.35. The summed E-state index contributed by atoms with van der Waals surface area (Å²) < 4.78 is 0.877. The van der Waals surface area contributed by atoms with Gasteiger partial charge in [-0.15, -0.1) is 11.3 Å². The van der Waals surface area contributed by atoms with Crippen molar-refractivity contribution < 1.29 is 0 Å². The van der Waals surface area contributed by atoms with Crippen LogP contribution in [0.5, 0.6) is 0 Å². The molecule has 1 N–H and O–H groups in total. The van der Waals surface area contributed by atoms with Gasteiger partial charge in [-0.05, 0) is 42.7 Å². The molecule has 0 spiro atoms. The average molecular weight is 327 g/mol. The van der Waals surface area contributed by atoms with E-state index < -0.39 is 0 Å². The van der Waals surface area contributed by atoms with Crippen LogP contribution in [-0.2, 0) is 6.42 Å². The van der Waals surface area contributed by atoms with Gasteiger partial charge in [-0.25, -0.2) is 0 Å². The van der Waals surface area contributed by atoms with Crippen LogP contribution in [0.2, 0.25) is 9.36 Å². The number of thiophene rings is 1. The summed E-state index contributed by atoms with van der Waals surface area (Å²) >= 11 is 14.1. The van der Waals surface area contributed by atoms with Crippen molar-refractivity contribution in [2.24, 2.45) is 0 Å². The van der Waals surface area contributed by atoms with Crippen molar-refractivity contribution in [2.75, 3.05) is 24.3 Å². The summed E-state index contributed by atoms with van der Waals surface area (Å²) in [5, 5.41) is 4.33. The van der Waals surface area contributed by atoms with Crippen molar-refractivity contribution in [2.45, 2.75) is 18.9 Å². The molecule has 1 aliphatic rings. The molecule has 2 nitrogen and oxygen atoms in total. The molecule has 0 aliphatic heterocycles. The first-order valence-electron chi connectivity index (χ1n) is 6.56. The van der Waals surface area contributed by atoms with Crippen LogP contribution in [0.25, 0.3) is 0 Å². The van der Waals surface area contributed by atoms with Crippen molar-refractivity contribution in [3.8, 4) is 0 Å². The molecule has 0 fully saturated rings. The van der Waals surface area contributed by atoms with Crippen molar-refractivity contribution >= 4 is 45.9 Å². The quantitative estimate of drug-likeness (QED) is 0.831. The van der Waals surface area contributed by atoms with Crippen LogP contribution in [0.15, 0.2) is 24.3 Å². The number of aryl methyl sites for hydroxylation is 1. The lowest BCUT2D eigenvalue weighted by Gasteiger charge is -2.18. The van der Waals surface area contributed by atoms with Gasteiger partial charge in [0.15, 0.2) is 0 Å². The van der Waals surface area contributed by atoms with E-state index in [1.807, 2.05) is 31.1 Å². The zero-order valence-electron chi connectivity index (χ0n) is 11.4. The van der Waals surface area contributed by atoms with Crippen LogP contribution >= 0.6 is 34.5 Å². The first-order valence-corrected chi connectivity index (χ1v) is 8.13. The van der Waals surface area contributed by atoms with Crippen molar-refractivity contribution in [3.05, 3.63) is 44.1 Å². The molecule has 5 heteroatoms. The maximum absolute atomic E-state index is 6.31. The number of anilines is 2. The van der Waals surface area contributed by atoms with Crippen LogP contribution in [-0.4, -0.2) is 14.1 Å². The molecule has 0 bridgehead atoms. The smallest absolute Gasteiger partial charge is 0.0934 e. The SMILES string of the molecule is CN(C)c1ccc(NC2CCc3sc(Cl)cc32)cc1Cl. The average Bonchev–Trinajstić information content (AvgIpc) is 2.90. The lowest BCUT2D eigenvalue weighted by atomic mass is 10.1. The van der Waals surface area contributed by atoms with Gasteiger partial charge < -0.3 is 10.2 Å². The molecule has 0 radical (unpaired) electrons. The number of benzene rings is 1. The molecule has 1 aromatic heterocycles. The highest BCUT2D eigenvalue weighted by Gasteiger charge is 2.25. The van der Waals surface area contributed by atoms with E-state index in [9.17, 15) is 0 Å². The van der Waals surface area contributed by atoms with Crippen LogP contribution in [0, 0.1) is 0 Å². The summed E-state index contributed by atoms with van der Waals surface area (Å²) in [5.41, 5.74) is 3.43. The van der Waals surface area contributed by atoms with Gasteiger partial charge in [0.05, 0.1) is 21.1 Å². The fourth-order valence-electron chi connectivity index (χ4n) is 2.64. The van der Waals surface area contributed by atoms with E-state index in [1.54, 1.807) is 11.3 Å². The molecule has 1 heterocycles. The Bertz CT molecular complexity index is 637. The predicted octanol–water partition coefficient (Wildman–Crippen LogP) is 5.22. The van der Waals surface area contributed by atoms with E-state index in [4.69, 9.17) is 23.2 Å². The van der Waals surface area contributed by atoms with E-state index >= 15 is 0 Å². The van der Waals surface area contributed by atoms with E-state index in [1.165, 1.54) is 10.4 Å². The van der Waals surface area contributed by atoms with Crippen molar-refractivity contribution in [3.63, 3.8) is 0 Å². The van der Waals surface area contributed by atoms with Gasteiger partial charge in [-0.3, -0.25) is 0 Å². The lowest BCUT2D eigenvalue weighted by Crippen LogP contribution is -2.10. The highest BCUT2D eigenvalue weighted by molar-refractivity contribution is 7.16. The maximum Gasteiger partial charge on any atom is 0.0934 e. The summed E-state index contributed by atoms with van der Waals surface area (Å²) in [6, 6.07) is 8.54. The second-order valence-corrected chi connectivity index (χ2v) is 7.40. The summed E-state index contributed by atoms with van der Waals surface area (Å²) in [6.45, 7) is 0. The molecule has 106 valence electrons. The van der Waals surface area contributed by atoms with Crippen molar-refractivity contribution in [1.82, 2.24) is 0 Å². The minimum Gasteiger partial charge on any atom is -0.378 e. The third-order valence-corrected chi connectivity index (χ3v) is 5.26. The Morgan fingerprint density at radius 1 is 1.25 bits per heavy atom. The van der Waals surface area contributed by atoms with Gasteiger partial charge in [-0.1, -0.05) is 23.2 Å². The maximum atomic E-state index is 6.31. The number of fused-ring (bicyclic) bond motifs is 1. The number of rotatable bonds is 3. The summed E-state index contributed by atoms with van der Waals surface area (Å²) in [4.78, 5) is 3.42. The molecule has 1 aliphatic carbocycles. The molecule has 0 saturated carbocycles. The second kappa shape index (κ2) is 5.47. The predicted molar refractivity (Wildman–Crippen MR) is 89.8 cm³/mol. The molecule has 3 rings (SSSR count). The largest absolute Gasteiger partial charge is 0.378 e. The Labute approximate surface area is 133 Å². The number of halogens is 2. The van der Waals surface area contributed by atoms with Gasteiger partial charge in [0.1, 0.15) is 0 Å². The Kier molecular flexibility index (Phi) is 3.85. The van der Waals surface area contributed by atoms with Gasteiger partial charge in [0.2, 0.25) is 0 Å². The Morgan fingerprint density at radius 3 is 2.75 bits per heavy atom. The zero-order valence-corrected chi connectivity index (χ0v) is 13.7. The number of nitrogens with one attached hydrogen (secondary N) is 1. The second-order valence-electron chi connectivity index (χ2n) is 5.23. The number of hydrogen-bond donors (Lipinski definition) is 1. The van der Waals surface area contributed by atoms with Crippen LogP contribution in [0.3, 0.4) is 0 Å². The summed E-state index contributed by atoms with van der Waals surface area (Å²) in [6.07, 6.45) is 2.22. The van der Waals surface area contributed by atoms with E-state index in [0.29, 0.717) is 6.04 Å². The highest BCUT2D eigenvalue weighted by Crippen LogP contribution is 2.41. The molecule has 1 unspecified atom stereocenters. The van der Waals surface area contributed by atoms with Crippen LogP contribution in [0.1, 0.15) is 22.9 Å². The van der Waals surface area contributed by atoms with Gasteiger partial charge in [0, 0.05) is 24.7 Å². The topological polar surface area (TPSA) is 15.3 Å². The Hall–Kier alpha value is -0.900. The van der Waals surface area contributed by atoms with Crippen LogP contribution in [0.4, 0.5) is 11.4 Å².